The van der Waals surface area contributed by atoms with E-state index in [-0.39, 0.29) is 29.4 Å². The third-order valence-corrected chi connectivity index (χ3v) is 4.76. The Morgan fingerprint density at radius 1 is 0.839 bits per heavy atom. The zero-order chi connectivity index (χ0) is 21.6. The van der Waals surface area contributed by atoms with Crippen LogP contribution in [0.1, 0.15) is 31.8 Å². The average Bonchev–Trinajstić information content (AvgIpc) is 2.83. The van der Waals surface area contributed by atoms with Gasteiger partial charge in [0.05, 0.1) is 11.3 Å². The lowest BCUT2D eigenvalue weighted by Gasteiger charge is -2.10. The van der Waals surface area contributed by atoms with E-state index < -0.39 is 5.82 Å². The molecule has 0 spiro atoms. The van der Waals surface area contributed by atoms with Gasteiger partial charge in [-0.25, -0.2) is 4.39 Å². The lowest BCUT2D eigenvalue weighted by Crippen LogP contribution is -2.25. The Balaban J connectivity index is 1.47. The largest absolute Gasteiger partial charge is 0.348 e. The molecule has 0 aliphatic rings. The summed E-state index contributed by atoms with van der Waals surface area (Å²) in [7, 11) is 0. The fraction of sp³-hybridized carbons (Fsp3) is 0.0400. The van der Waals surface area contributed by atoms with E-state index in [4.69, 9.17) is 0 Å². The molecule has 1 N–H and O–H groups in total. The molecule has 0 radical (unpaired) electrons. The number of carbonyl (C=O) groups is 2. The number of ketones is 1. The molecule has 0 fully saturated rings. The molecule has 0 saturated heterocycles. The van der Waals surface area contributed by atoms with Gasteiger partial charge in [0.15, 0.2) is 5.78 Å². The minimum Gasteiger partial charge on any atom is -0.348 e. The SMILES string of the molecule is O=C(NCc1ccc(-c2cccnc2)nc1)c1ccccc1C(=O)c1ccc(F)cc1. The lowest BCUT2D eigenvalue weighted by atomic mass is 9.98. The van der Waals surface area contributed by atoms with E-state index >= 15 is 0 Å². The highest BCUT2D eigenvalue weighted by molar-refractivity contribution is 6.15. The van der Waals surface area contributed by atoms with Crippen LogP contribution in [0.3, 0.4) is 0 Å². The molecule has 0 aliphatic heterocycles. The van der Waals surface area contributed by atoms with E-state index in [2.05, 4.69) is 15.3 Å². The molecule has 1 amide bonds. The molecule has 4 rings (SSSR count). The molecule has 0 atom stereocenters. The number of carbonyl (C=O) groups excluding carboxylic acids is 2. The summed E-state index contributed by atoms with van der Waals surface area (Å²) in [6, 6.07) is 19.3. The van der Waals surface area contributed by atoms with Crippen molar-refractivity contribution in [3.05, 3.63) is 119 Å². The molecular formula is C25H18FN3O2. The molecule has 0 aliphatic carbocycles. The van der Waals surface area contributed by atoms with Gasteiger partial charge in [-0.05, 0) is 54.1 Å². The first-order valence-electron chi connectivity index (χ1n) is 9.64. The predicted molar refractivity (Wildman–Crippen MR) is 115 cm³/mol. The first kappa shape index (κ1) is 20.1. The second-order valence-electron chi connectivity index (χ2n) is 6.86. The maximum absolute atomic E-state index is 13.2. The van der Waals surface area contributed by atoms with E-state index in [0.29, 0.717) is 5.56 Å². The molecule has 0 unspecified atom stereocenters. The van der Waals surface area contributed by atoms with Crippen molar-refractivity contribution in [2.45, 2.75) is 6.54 Å². The third kappa shape index (κ3) is 4.70. The number of nitrogens with zero attached hydrogens (tertiary/aromatic N) is 2. The number of hydrogen-bond donors (Lipinski definition) is 1. The Labute approximate surface area is 178 Å². The van der Waals surface area contributed by atoms with Gasteiger partial charge < -0.3 is 5.32 Å². The standard InChI is InChI=1S/C25H18FN3O2/c26-20-10-8-18(9-11-20)24(30)21-5-1-2-6-22(21)25(31)29-15-17-7-12-23(28-14-17)19-4-3-13-27-16-19/h1-14,16H,15H2,(H,29,31). The molecule has 0 bridgehead atoms. The molecule has 5 nitrogen and oxygen atoms in total. The van der Waals surface area contributed by atoms with E-state index in [1.807, 2.05) is 24.3 Å². The molecule has 2 aromatic carbocycles. The molecule has 6 heteroatoms. The summed E-state index contributed by atoms with van der Waals surface area (Å²) in [4.78, 5) is 34.1. The lowest BCUT2D eigenvalue weighted by molar-refractivity contribution is 0.0939. The van der Waals surface area contributed by atoms with Crippen molar-refractivity contribution in [1.29, 1.82) is 0 Å². The molecule has 152 valence electrons. The number of pyridine rings is 2. The highest BCUT2D eigenvalue weighted by atomic mass is 19.1. The van der Waals surface area contributed by atoms with Crippen LogP contribution in [0.15, 0.2) is 91.4 Å². The molecule has 0 saturated carbocycles. The van der Waals surface area contributed by atoms with Gasteiger partial charge in [0.1, 0.15) is 5.82 Å². The molecule has 2 heterocycles. The van der Waals surface area contributed by atoms with Crippen LogP contribution in [0.2, 0.25) is 0 Å². The van der Waals surface area contributed by atoms with Gasteiger partial charge in [0, 0.05) is 41.8 Å². The second-order valence-corrected chi connectivity index (χ2v) is 6.86. The van der Waals surface area contributed by atoms with Gasteiger partial charge in [-0.1, -0.05) is 24.3 Å². The maximum atomic E-state index is 13.2. The molecule has 2 aromatic heterocycles. The number of hydrogen-bond acceptors (Lipinski definition) is 4. The van der Waals surface area contributed by atoms with Crippen molar-refractivity contribution in [3.63, 3.8) is 0 Å². The van der Waals surface area contributed by atoms with Gasteiger partial charge in [-0.2, -0.15) is 0 Å². The predicted octanol–water partition coefficient (Wildman–Crippen LogP) is 4.44. The molecule has 4 aromatic rings. The van der Waals surface area contributed by atoms with E-state index in [9.17, 15) is 14.0 Å². The number of benzene rings is 2. The number of aromatic nitrogens is 2. The van der Waals surface area contributed by atoms with Crippen molar-refractivity contribution in [2.75, 3.05) is 0 Å². The first-order chi connectivity index (χ1) is 15.1. The first-order valence-corrected chi connectivity index (χ1v) is 9.64. The summed E-state index contributed by atoms with van der Waals surface area (Å²) in [6.07, 6.45) is 5.13. The quantitative estimate of drug-likeness (QED) is 0.476. The van der Waals surface area contributed by atoms with E-state index in [0.717, 1.165) is 16.8 Å². The number of amides is 1. The van der Waals surface area contributed by atoms with Crippen molar-refractivity contribution >= 4 is 11.7 Å². The number of halogens is 1. The zero-order valence-corrected chi connectivity index (χ0v) is 16.5. The zero-order valence-electron chi connectivity index (χ0n) is 16.5. The minimum atomic E-state index is -0.425. The normalized spacial score (nSPS) is 10.5. The minimum absolute atomic E-state index is 0.261. The number of nitrogens with one attached hydrogen (secondary N) is 1. The van der Waals surface area contributed by atoms with E-state index in [1.165, 1.54) is 24.3 Å². The van der Waals surface area contributed by atoms with Crippen LogP contribution >= 0.6 is 0 Å². The van der Waals surface area contributed by atoms with Crippen LogP contribution in [0.5, 0.6) is 0 Å². The topological polar surface area (TPSA) is 72.0 Å². The van der Waals surface area contributed by atoms with Gasteiger partial charge in [-0.3, -0.25) is 19.6 Å². The Hall–Kier alpha value is -4.19. The summed E-state index contributed by atoms with van der Waals surface area (Å²) >= 11 is 0. The van der Waals surface area contributed by atoms with Crippen LogP contribution in [0.25, 0.3) is 11.3 Å². The third-order valence-electron chi connectivity index (χ3n) is 4.76. The summed E-state index contributed by atoms with van der Waals surface area (Å²) in [5.74, 6) is -1.14. The van der Waals surface area contributed by atoms with Crippen LogP contribution in [-0.2, 0) is 6.54 Å². The Morgan fingerprint density at radius 2 is 1.61 bits per heavy atom. The van der Waals surface area contributed by atoms with Gasteiger partial charge in [0.2, 0.25) is 0 Å². The van der Waals surface area contributed by atoms with Crippen molar-refractivity contribution < 1.29 is 14.0 Å². The Bertz CT molecular complexity index is 1210. The van der Waals surface area contributed by atoms with Crippen LogP contribution in [0, 0.1) is 5.82 Å². The summed E-state index contributed by atoms with van der Waals surface area (Å²) in [5.41, 5.74) is 3.36. The van der Waals surface area contributed by atoms with Crippen molar-refractivity contribution in [2.24, 2.45) is 0 Å². The highest BCUT2D eigenvalue weighted by Gasteiger charge is 2.18. The Morgan fingerprint density at radius 3 is 2.29 bits per heavy atom. The maximum Gasteiger partial charge on any atom is 0.252 e. The summed E-state index contributed by atoms with van der Waals surface area (Å²) in [5, 5.41) is 2.83. The van der Waals surface area contributed by atoms with Gasteiger partial charge in [0.25, 0.3) is 5.91 Å². The van der Waals surface area contributed by atoms with E-state index in [1.54, 1.807) is 42.9 Å². The van der Waals surface area contributed by atoms with Crippen molar-refractivity contribution in [3.8, 4) is 11.3 Å². The van der Waals surface area contributed by atoms with Crippen LogP contribution < -0.4 is 5.32 Å². The molecular weight excluding hydrogens is 393 g/mol. The van der Waals surface area contributed by atoms with Crippen LogP contribution in [0.4, 0.5) is 4.39 Å². The van der Waals surface area contributed by atoms with Gasteiger partial charge >= 0.3 is 0 Å². The second kappa shape index (κ2) is 9.09. The Kier molecular flexibility index (Phi) is 5.89. The van der Waals surface area contributed by atoms with Crippen molar-refractivity contribution in [1.82, 2.24) is 15.3 Å². The highest BCUT2D eigenvalue weighted by Crippen LogP contribution is 2.17. The molecule has 31 heavy (non-hydrogen) atoms. The smallest absolute Gasteiger partial charge is 0.252 e. The van der Waals surface area contributed by atoms with Gasteiger partial charge in [-0.15, -0.1) is 0 Å². The summed E-state index contributed by atoms with van der Waals surface area (Å²) in [6.45, 7) is 0.262. The number of rotatable bonds is 6. The fourth-order valence-electron chi connectivity index (χ4n) is 3.13. The average molecular weight is 411 g/mol. The van der Waals surface area contributed by atoms with Crippen LogP contribution in [-0.4, -0.2) is 21.7 Å². The monoisotopic (exact) mass is 411 g/mol. The summed E-state index contributed by atoms with van der Waals surface area (Å²) < 4.78 is 13.2. The fourth-order valence-corrected chi connectivity index (χ4v) is 3.13.